The first kappa shape index (κ1) is 17.8. The third-order valence-electron chi connectivity index (χ3n) is 4.09. The summed E-state index contributed by atoms with van der Waals surface area (Å²) in [5.41, 5.74) is 2.44. The minimum atomic E-state index is -0.894. The third kappa shape index (κ3) is 5.26. The van der Waals surface area contributed by atoms with Crippen molar-refractivity contribution in [3.05, 3.63) is 71.3 Å². The normalized spacial score (nSPS) is 11.6. The Hall–Kier alpha value is -2.57. The number of aromatic carboxylic acids is 1. The van der Waals surface area contributed by atoms with Crippen LogP contribution >= 0.6 is 0 Å². The predicted octanol–water partition coefficient (Wildman–Crippen LogP) is 4.04. The summed E-state index contributed by atoms with van der Waals surface area (Å²) in [4.78, 5) is 13.2. The lowest BCUT2D eigenvalue weighted by atomic mass is 10.1. The van der Waals surface area contributed by atoms with E-state index in [0.717, 1.165) is 24.1 Å². The highest BCUT2D eigenvalue weighted by Crippen LogP contribution is 2.12. The molecule has 0 heterocycles. The summed E-state index contributed by atoms with van der Waals surface area (Å²) in [5.74, 6) is 5.55. The van der Waals surface area contributed by atoms with Gasteiger partial charge in [-0.15, -0.1) is 0 Å². The first-order valence-electron chi connectivity index (χ1n) is 8.20. The van der Waals surface area contributed by atoms with Crippen molar-refractivity contribution in [1.29, 1.82) is 0 Å². The van der Waals surface area contributed by atoms with Gasteiger partial charge in [-0.1, -0.05) is 49.1 Å². The van der Waals surface area contributed by atoms with Gasteiger partial charge in [0.15, 0.2) is 0 Å². The van der Waals surface area contributed by atoms with E-state index in [9.17, 15) is 4.79 Å². The van der Waals surface area contributed by atoms with Crippen molar-refractivity contribution in [2.45, 2.75) is 32.9 Å². The highest BCUT2D eigenvalue weighted by molar-refractivity contribution is 5.87. The molecule has 2 aromatic rings. The van der Waals surface area contributed by atoms with E-state index in [2.05, 4.69) is 30.6 Å². The van der Waals surface area contributed by atoms with Crippen molar-refractivity contribution in [2.75, 3.05) is 6.54 Å². The van der Waals surface area contributed by atoms with Crippen LogP contribution in [-0.4, -0.2) is 28.6 Å². The van der Waals surface area contributed by atoms with Crippen LogP contribution in [0.2, 0.25) is 0 Å². The number of nitrogens with zero attached hydrogens (tertiary/aromatic N) is 1. The topological polar surface area (TPSA) is 40.5 Å². The largest absolute Gasteiger partial charge is 0.478 e. The number of carboxylic acid groups (broad SMARTS) is 1. The van der Waals surface area contributed by atoms with E-state index in [4.69, 9.17) is 5.11 Å². The second-order valence-corrected chi connectivity index (χ2v) is 5.83. The monoisotopic (exact) mass is 321 g/mol. The summed E-state index contributed by atoms with van der Waals surface area (Å²) in [7, 11) is 0. The van der Waals surface area contributed by atoms with E-state index in [-0.39, 0.29) is 0 Å². The van der Waals surface area contributed by atoms with Gasteiger partial charge in [-0.3, -0.25) is 4.90 Å². The highest BCUT2D eigenvalue weighted by atomic mass is 16.4. The van der Waals surface area contributed by atoms with Crippen LogP contribution in [0.25, 0.3) is 0 Å². The van der Waals surface area contributed by atoms with Crippen molar-refractivity contribution in [1.82, 2.24) is 4.90 Å². The van der Waals surface area contributed by atoms with Crippen molar-refractivity contribution in [3.63, 3.8) is 0 Å². The van der Waals surface area contributed by atoms with Crippen LogP contribution in [0, 0.1) is 11.8 Å². The summed E-state index contributed by atoms with van der Waals surface area (Å²) in [6.07, 6.45) is 1.04. The van der Waals surface area contributed by atoms with Crippen LogP contribution < -0.4 is 0 Å². The Kier molecular flexibility index (Phi) is 6.60. The Bertz CT molecular complexity index is 711. The van der Waals surface area contributed by atoms with E-state index < -0.39 is 5.97 Å². The molecule has 0 fully saturated rings. The fraction of sp³-hybridized carbons (Fsp3) is 0.286. The molecule has 0 radical (unpaired) electrons. The molecule has 0 bridgehead atoms. The number of benzene rings is 2. The molecule has 1 atom stereocenters. The van der Waals surface area contributed by atoms with Crippen LogP contribution in [0.1, 0.15) is 41.8 Å². The lowest BCUT2D eigenvalue weighted by Crippen LogP contribution is -2.32. The van der Waals surface area contributed by atoms with Crippen LogP contribution in [0.4, 0.5) is 0 Å². The Labute approximate surface area is 143 Å². The molecule has 0 aliphatic heterocycles. The zero-order valence-electron chi connectivity index (χ0n) is 14.2. The highest BCUT2D eigenvalue weighted by Gasteiger charge is 2.12. The van der Waals surface area contributed by atoms with Gasteiger partial charge in [-0.05, 0) is 43.2 Å². The molecular weight excluding hydrogens is 298 g/mol. The molecule has 3 heteroatoms. The van der Waals surface area contributed by atoms with E-state index in [1.165, 1.54) is 0 Å². The second-order valence-electron chi connectivity index (χ2n) is 5.83. The van der Waals surface area contributed by atoms with Crippen LogP contribution in [0.15, 0.2) is 54.6 Å². The minimum Gasteiger partial charge on any atom is -0.478 e. The number of carboxylic acids is 1. The summed E-state index contributed by atoms with van der Waals surface area (Å²) in [6.45, 7) is 5.80. The van der Waals surface area contributed by atoms with E-state index in [0.29, 0.717) is 18.2 Å². The average molecular weight is 321 g/mol. The first-order valence-corrected chi connectivity index (χ1v) is 8.20. The lowest BCUT2D eigenvalue weighted by Gasteiger charge is -2.26. The summed E-state index contributed by atoms with van der Waals surface area (Å²) in [6, 6.07) is 17.4. The third-order valence-corrected chi connectivity index (χ3v) is 4.09. The Morgan fingerprint density at radius 1 is 1.12 bits per heavy atom. The summed E-state index contributed by atoms with van der Waals surface area (Å²) < 4.78 is 0. The summed E-state index contributed by atoms with van der Waals surface area (Å²) >= 11 is 0. The van der Waals surface area contributed by atoms with Gasteiger partial charge in [0.1, 0.15) is 0 Å². The van der Waals surface area contributed by atoms with Crippen molar-refractivity contribution in [3.8, 4) is 11.8 Å². The van der Waals surface area contributed by atoms with Crippen LogP contribution in [-0.2, 0) is 6.54 Å². The molecule has 0 saturated heterocycles. The quantitative estimate of drug-likeness (QED) is 0.816. The van der Waals surface area contributed by atoms with Gasteiger partial charge in [-0.2, -0.15) is 0 Å². The first-order chi connectivity index (χ1) is 11.6. The molecule has 0 aliphatic carbocycles. The maximum Gasteiger partial charge on any atom is 0.335 e. The molecule has 0 amide bonds. The average Bonchev–Trinajstić information content (AvgIpc) is 2.61. The lowest BCUT2D eigenvalue weighted by molar-refractivity contribution is 0.0697. The van der Waals surface area contributed by atoms with Gasteiger partial charge in [-0.25, -0.2) is 4.79 Å². The standard InChI is InChI=1S/C21H23NO2/c1-3-17(2)22(15-7-10-18-8-5-4-6-9-18)16-19-11-13-20(14-12-19)21(23)24/h4-6,8-9,11-14,17H,3,15-16H2,1-2H3,(H,23,24)/t17-/m0/s1. The maximum atomic E-state index is 10.9. The molecule has 0 aromatic heterocycles. The predicted molar refractivity (Wildman–Crippen MR) is 96.9 cm³/mol. The van der Waals surface area contributed by atoms with Crippen molar-refractivity contribution in [2.24, 2.45) is 0 Å². The number of hydrogen-bond acceptors (Lipinski definition) is 2. The molecule has 2 aromatic carbocycles. The number of carbonyl (C=O) groups is 1. The molecule has 1 N–H and O–H groups in total. The van der Waals surface area contributed by atoms with Gasteiger partial charge in [0, 0.05) is 18.2 Å². The molecular formula is C21H23NO2. The summed E-state index contributed by atoms with van der Waals surface area (Å²) in [5, 5.41) is 8.98. The Balaban J connectivity index is 2.05. The van der Waals surface area contributed by atoms with Crippen molar-refractivity contribution >= 4 is 5.97 Å². The van der Waals surface area contributed by atoms with E-state index in [1.54, 1.807) is 12.1 Å². The van der Waals surface area contributed by atoms with Gasteiger partial charge >= 0.3 is 5.97 Å². The molecule has 0 unspecified atom stereocenters. The Morgan fingerprint density at radius 3 is 2.38 bits per heavy atom. The molecule has 124 valence electrons. The number of rotatable bonds is 6. The molecule has 0 saturated carbocycles. The minimum absolute atomic E-state index is 0.317. The van der Waals surface area contributed by atoms with Gasteiger partial charge in [0.05, 0.1) is 12.1 Å². The number of hydrogen-bond donors (Lipinski definition) is 1. The zero-order chi connectivity index (χ0) is 17.4. The van der Waals surface area contributed by atoms with Gasteiger partial charge in [0.25, 0.3) is 0 Å². The molecule has 0 spiro atoms. The molecule has 2 rings (SSSR count). The van der Waals surface area contributed by atoms with Crippen LogP contribution in [0.3, 0.4) is 0 Å². The van der Waals surface area contributed by atoms with Gasteiger partial charge in [0.2, 0.25) is 0 Å². The second kappa shape index (κ2) is 8.90. The van der Waals surface area contributed by atoms with E-state index >= 15 is 0 Å². The van der Waals surface area contributed by atoms with Crippen LogP contribution in [0.5, 0.6) is 0 Å². The maximum absolute atomic E-state index is 10.9. The molecule has 24 heavy (non-hydrogen) atoms. The molecule has 0 aliphatic rings. The molecule has 3 nitrogen and oxygen atoms in total. The van der Waals surface area contributed by atoms with Crippen molar-refractivity contribution < 1.29 is 9.90 Å². The van der Waals surface area contributed by atoms with Gasteiger partial charge < -0.3 is 5.11 Å². The fourth-order valence-corrected chi connectivity index (χ4v) is 2.38. The Morgan fingerprint density at radius 2 is 1.79 bits per heavy atom. The zero-order valence-corrected chi connectivity index (χ0v) is 14.2. The smallest absolute Gasteiger partial charge is 0.335 e. The SMILES string of the molecule is CC[C@H](C)N(CC#Cc1ccccc1)Cc1ccc(C(=O)O)cc1. The van der Waals surface area contributed by atoms with E-state index in [1.807, 2.05) is 42.5 Å². The fourth-order valence-electron chi connectivity index (χ4n) is 2.38.